The number of furan rings is 1. The van der Waals surface area contributed by atoms with Crippen LogP contribution in [0.3, 0.4) is 0 Å². The highest BCUT2D eigenvalue weighted by Crippen LogP contribution is 2.19. The lowest BCUT2D eigenvalue weighted by molar-refractivity contribution is 0.0448. The quantitative estimate of drug-likeness (QED) is 0.872. The van der Waals surface area contributed by atoms with Crippen molar-refractivity contribution < 1.29 is 14.3 Å². The van der Waals surface area contributed by atoms with E-state index in [2.05, 4.69) is 18.7 Å². The summed E-state index contributed by atoms with van der Waals surface area (Å²) in [6, 6.07) is 2.11. The Balaban J connectivity index is 1.99. The van der Waals surface area contributed by atoms with Crippen LogP contribution in [-0.2, 0) is 12.8 Å². The van der Waals surface area contributed by atoms with Gasteiger partial charge in [0.2, 0.25) is 0 Å². The molecular weight excluding hydrogens is 280 g/mol. The highest BCUT2D eigenvalue weighted by Gasteiger charge is 2.27. The molecule has 0 aromatic carbocycles. The smallest absolute Gasteiger partial charge is 0.289 e. The predicted octanol–water partition coefficient (Wildman–Crippen LogP) is 1.93. The summed E-state index contributed by atoms with van der Waals surface area (Å²) in [4.78, 5) is 16.7. The molecule has 1 N–H and O–H groups in total. The summed E-state index contributed by atoms with van der Waals surface area (Å²) in [5.74, 6) is 1.39. The topological polar surface area (TPSA) is 56.9 Å². The molecule has 22 heavy (non-hydrogen) atoms. The number of carbonyl (C=O) groups is 1. The fraction of sp³-hybridized carbons (Fsp3) is 0.706. The second-order valence-corrected chi connectivity index (χ2v) is 5.84. The number of carbonyl (C=O) groups excluding carboxylic acids is 1. The van der Waals surface area contributed by atoms with E-state index < -0.39 is 0 Å². The van der Waals surface area contributed by atoms with Gasteiger partial charge in [0.1, 0.15) is 5.76 Å². The number of aliphatic hydroxyl groups is 1. The summed E-state index contributed by atoms with van der Waals surface area (Å²) in [6.45, 7) is 9.40. The molecule has 0 radical (unpaired) electrons. The normalized spacial score (nSPS) is 17.7. The summed E-state index contributed by atoms with van der Waals surface area (Å²) in [5, 5.41) is 9.38. The number of rotatable bonds is 6. The molecule has 0 saturated carbocycles. The lowest BCUT2D eigenvalue weighted by Crippen LogP contribution is -2.52. The van der Waals surface area contributed by atoms with E-state index in [1.165, 1.54) is 0 Å². The SMILES string of the molecule is CCc1cc(C(=O)N2CCN(C(CC)CO)CC2)oc1CC. The minimum Gasteiger partial charge on any atom is -0.456 e. The molecule has 1 amide bonds. The minimum absolute atomic E-state index is 0.00824. The van der Waals surface area contributed by atoms with E-state index in [4.69, 9.17) is 4.42 Å². The minimum atomic E-state index is -0.00824. The number of hydrogen-bond donors (Lipinski definition) is 1. The van der Waals surface area contributed by atoms with Gasteiger partial charge in [0.25, 0.3) is 5.91 Å². The molecule has 1 fully saturated rings. The van der Waals surface area contributed by atoms with Crippen LogP contribution in [0, 0.1) is 0 Å². The van der Waals surface area contributed by atoms with E-state index in [1.807, 2.05) is 17.9 Å². The number of piperazine rings is 1. The number of aryl methyl sites for hydroxylation is 2. The lowest BCUT2D eigenvalue weighted by atomic mass is 10.1. The van der Waals surface area contributed by atoms with Crippen molar-refractivity contribution in [2.45, 2.75) is 46.1 Å². The fourth-order valence-corrected chi connectivity index (χ4v) is 3.12. The van der Waals surface area contributed by atoms with E-state index in [0.717, 1.165) is 43.7 Å². The molecule has 1 unspecified atom stereocenters. The highest BCUT2D eigenvalue weighted by molar-refractivity contribution is 5.92. The second kappa shape index (κ2) is 7.79. The molecule has 0 aliphatic carbocycles. The Bertz CT molecular complexity index is 465. The second-order valence-electron chi connectivity index (χ2n) is 5.84. The zero-order valence-corrected chi connectivity index (χ0v) is 14.0. The van der Waals surface area contributed by atoms with Crippen LogP contribution >= 0.6 is 0 Å². The van der Waals surface area contributed by atoms with Gasteiger partial charge in [-0.05, 0) is 24.5 Å². The van der Waals surface area contributed by atoms with Crippen molar-refractivity contribution in [3.05, 3.63) is 23.2 Å². The standard InChI is InChI=1S/C17H28N2O3/c1-4-13-11-16(22-15(13)6-3)17(21)19-9-7-18(8-10-19)14(5-2)12-20/h11,14,20H,4-10,12H2,1-3H3. The van der Waals surface area contributed by atoms with Gasteiger partial charge in [-0.2, -0.15) is 0 Å². The maximum absolute atomic E-state index is 12.6. The average Bonchev–Trinajstić information content (AvgIpc) is 2.99. The molecule has 1 aliphatic heterocycles. The Morgan fingerprint density at radius 2 is 1.91 bits per heavy atom. The fourth-order valence-electron chi connectivity index (χ4n) is 3.12. The van der Waals surface area contributed by atoms with Crippen LogP contribution in [0.25, 0.3) is 0 Å². The Morgan fingerprint density at radius 1 is 1.23 bits per heavy atom. The van der Waals surface area contributed by atoms with Gasteiger partial charge in [-0.15, -0.1) is 0 Å². The monoisotopic (exact) mass is 308 g/mol. The van der Waals surface area contributed by atoms with Crippen LogP contribution < -0.4 is 0 Å². The van der Waals surface area contributed by atoms with Gasteiger partial charge in [0, 0.05) is 38.6 Å². The molecule has 1 aromatic rings. The van der Waals surface area contributed by atoms with Crippen molar-refractivity contribution in [2.24, 2.45) is 0 Å². The van der Waals surface area contributed by atoms with Crippen LogP contribution in [0.15, 0.2) is 10.5 Å². The Labute approximate surface area is 132 Å². The Kier molecular flexibility index (Phi) is 6.03. The largest absolute Gasteiger partial charge is 0.456 e. The van der Waals surface area contributed by atoms with Gasteiger partial charge in [-0.1, -0.05) is 20.8 Å². The zero-order valence-electron chi connectivity index (χ0n) is 14.0. The summed E-state index contributed by atoms with van der Waals surface area (Å²) >= 11 is 0. The van der Waals surface area contributed by atoms with E-state index in [1.54, 1.807) is 0 Å². The third-order valence-corrected chi connectivity index (χ3v) is 4.61. The summed E-state index contributed by atoms with van der Waals surface area (Å²) in [6.07, 6.45) is 2.64. The summed E-state index contributed by atoms with van der Waals surface area (Å²) < 4.78 is 5.74. The number of amides is 1. The molecule has 1 saturated heterocycles. The predicted molar refractivity (Wildman–Crippen MR) is 86.1 cm³/mol. The Morgan fingerprint density at radius 3 is 2.36 bits per heavy atom. The van der Waals surface area contributed by atoms with Crippen molar-refractivity contribution in [1.82, 2.24) is 9.80 Å². The molecule has 2 rings (SSSR count). The summed E-state index contributed by atoms with van der Waals surface area (Å²) in [5.41, 5.74) is 1.14. The molecular formula is C17H28N2O3. The maximum Gasteiger partial charge on any atom is 0.289 e. The van der Waals surface area contributed by atoms with Gasteiger partial charge < -0.3 is 14.4 Å². The van der Waals surface area contributed by atoms with Crippen LogP contribution in [0.4, 0.5) is 0 Å². The summed E-state index contributed by atoms with van der Waals surface area (Å²) in [7, 11) is 0. The van der Waals surface area contributed by atoms with Crippen molar-refractivity contribution >= 4 is 5.91 Å². The molecule has 2 heterocycles. The van der Waals surface area contributed by atoms with Gasteiger partial charge in [-0.3, -0.25) is 9.69 Å². The number of nitrogens with zero attached hydrogens (tertiary/aromatic N) is 2. The highest BCUT2D eigenvalue weighted by atomic mass is 16.4. The van der Waals surface area contributed by atoms with Crippen molar-refractivity contribution in [3.8, 4) is 0 Å². The van der Waals surface area contributed by atoms with E-state index in [0.29, 0.717) is 18.8 Å². The molecule has 1 atom stereocenters. The van der Waals surface area contributed by atoms with Crippen molar-refractivity contribution in [1.29, 1.82) is 0 Å². The Hall–Kier alpha value is -1.33. The first-order chi connectivity index (χ1) is 10.6. The number of hydrogen-bond acceptors (Lipinski definition) is 4. The van der Waals surface area contributed by atoms with Gasteiger partial charge in [0.05, 0.1) is 6.61 Å². The van der Waals surface area contributed by atoms with Crippen LogP contribution in [-0.4, -0.2) is 59.6 Å². The first-order valence-corrected chi connectivity index (χ1v) is 8.40. The van der Waals surface area contributed by atoms with Crippen molar-refractivity contribution in [2.75, 3.05) is 32.8 Å². The molecule has 5 heteroatoms. The average molecular weight is 308 g/mol. The van der Waals surface area contributed by atoms with E-state index >= 15 is 0 Å². The molecule has 0 spiro atoms. The molecule has 1 aromatic heterocycles. The van der Waals surface area contributed by atoms with Gasteiger partial charge in [-0.25, -0.2) is 0 Å². The molecule has 124 valence electrons. The van der Waals surface area contributed by atoms with Crippen LogP contribution in [0.1, 0.15) is 49.1 Å². The van der Waals surface area contributed by atoms with Gasteiger partial charge >= 0.3 is 0 Å². The maximum atomic E-state index is 12.6. The third-order valence-electron chi connectivity index (χ3n) is 4.61. The van der Waals surface area contributed by atoms with Crippen molar-refractivity contribution in [3.63, 3.8) is 0 Å². The van der Waals surface area contributed by atoms with Crippen LogP contribution in [0.5, 0.6) is 0 Å². The van der Waals surface area contributed by atoms with E-state index in [-0.39, 0.29) is 18.6 Å². The third kappa shape index (κ3) is 3.52. The zero-order chi connectivity index (χ0) is 16.1. The molecule has 1 aliphatic rings. The van der Waals surface area contributed by atoms with Crippen LogP contribution in [0.2, 0.25) is 0 Å². The molecule has 5 nitrogen and oxygen atoms in total. The van der Waals surface area contributed by atoms with Gasteiger partial charge in [0.15, 0.2) is 5.76 Å². The van der Waals surface area contributed by atoms with E-state index in [9.17, 15) is 9.90 Å². The lowest BCUT2D eigenvalue weighted by Gasteiger charge is -2.38. The number of aliphatic hydroxyl groups excluding tert-OH is 1. The first kappa shape index (κ1) is 17.0. The molecule has 0 bridgehead atoms. The first-order valence-electron chi connectivity index (χ1n) is 8.40.